The zero-order valence-corrected chi connectivity index (χ0v) is 22.1. The number of fused-ring (bicyclic) bond motifs is 3. The van der Waals surface area contributed by atoms with Crippen LogP contribution in [0.1, 0.15) is 17.2 Å². The van der Waals surface area contributed by atoms with Crippen LogP contribution in [-0.4, -0.2) is 17.2 Å². The first-order chi connectivity index (χ1) is 18.9. The summed E-state index contributed by atoms with van der Waals surface area (Å²) in [4.78, 5) is 0. The minimum Gasteiger partial charge on any atom is -0.281 e. The van der Waals surface area contributed by atoms with E-state index in [2.05, 4.69) is 168 Å². The van der Waals surface area contributed by atoms with Crippen molar-refractivity contribution < 1.29 is 0 Å². The summed E-state index contributed by atoms with van der Waals surface area (Å²) >= 11 is 0. The lowest BCUT2D eigenvalue weighted by Gasteiger charge is -2.38. The molecule has 2 unspecified atom stereocenters. The molecule has 0 saturated carbocycles. The van der Waals surface area contributed by atoms with Gasteiger partial charge < -0.3 is 0 Å². The quantitative estimate of drug-likeness (QED) is 0.240. The van der Waals surface area contributed by atoms with Crippen molar-refractivity contribution in [1.29, 1.82) is 0 Å². The van der Waals surface area contributed by atoms with Gasteiger partial charge >= 0.3 is 0 Å². The molecule has 3 heteroatoms. The average Bonchev–Trinajstić information content (AvgIpc) is 3.40. The molecule has 0 aliphatic carbocycles. The Morgan fingerprint density at radius 2 is 1.00 bits per heavy atom. The fourth-order valence-corrected chi connectivity index (χ4v) is 11.6. The van der Waals surface area contributed by atoms with Gasteiger partial charge in [-0.2, -0.15) is 0 Å². The van der Waals surface area contributed by atoms with Crippen LogP contribution in [0.15, 0.2) is 152 Å². The molecule has 0 bridgehead atoms. The van der Waals surface area contributed by atoms with Crippen molar-refractivity contribution in [1.82, 2.24) is 5.01 Å². The minimum absolute atomic E-state index is 0.213. The van der Waals surface area contributed by atoms with E-state index >= 15 is 0 Å². The summed E-state index contributed by atoms with van der Waals surface area (Å²) in [6.07, 6.45) is 4.58. The van der Waals surface area contributed by atoms with Gasteiger partial charge in [-0.3, -0.25) is 10.0 Å². The third kappa shape index (κ3) is 3.60. The number of para-hydroxylation sites is 1. The molecule has 5 aromatic rings. The third-order valence-electron chi connectivity index (χ3n) is 8.05. The second kappa shape index (κ2) is 9.63. The van der Waals surface area contributed by atoms with E-state index < -0.39 is 7.26 Å². The lowest BCUT2D eigenvalue weighted by Crippen LogP contribution is -2.42. The topological polar surface area (TPSA) is 6.48 Å². The summed E-state index contributed by atoms with van der Waals surface area (Å²) in [5.41, 5.74) is 4.30. The average molecular weight is 510 g/mol. The van der Waals surface area contributed by atoms with Gasteiger partial charge in [0, 0.05) is 6.20 Å². The number of hydrogen-bond acceptors (Lipinski definition) is 2. The Labute approximate surface area is 225 Å². The van der Waals surface area contributed by atoms with Crippen LogP contribution in [0, 0.1) is 0 Å². The van der Waals surface area contributed by atoms with Gasteiger partial charge in [-0.05, 0) is 65.7 Å². The van der Waals surface area contributed by atoms with E-state index in [1.54, 1.807) is 0 Å². The Morgan fingerprint density at radius 1 is 0.526 bits per heavy atom. The standard InChI is InChI=1S/C35H30N2P/c1-5-16-29(17-6-1)37-27-34(35-33-24-14-13-15-28(33)25-26-36(35)37)38(30-18-7-2-8-19-30,31-20-9-3-10-21-31)32-22-11-4-12-23-32/h1-26,34-35H,27H2/q+1. The first kappa shape index (κ1) is 23.0. The summed E-state index contributed by atoms with van der Waals surface area (Å²) in [6.45, 7) is 0.930. The first-order valence-electron chi connectivity index (χ1n) is 13.3. The Morgan fingerprint density at radius 3 is 1.55 bits per heavy atom. The van der Waals surface area contributed by atoms with Crippen LogP contribution in [-0.2, 0) is 0 Å². The summed E-state index contributed by atoms with van der Waals surface area (Å²) < 4.78 is 0. The van der Waals surface area contributed by atoms with Gasteiger partial charge in [0.15, 0.2) is 0 Å². The lowest BCUT2D eigenvalue weighted by atomic mass is 9.96. The Bertz CT molecular complexity index is 1450. The molecular formula is C35H30N2P+. The maximum atomic E-state index is 2.51. The predicted molar refractivity (Wildman–Crippen MR) is 163 cm³/mol. The van der Waals surface area contributed by atoms with E-state index in [0.29, 0.717) is 5.66 Å². The van der Waals surface area contributed by atoms with Crippen molar-refractivity contribution in [2.75, 3.05) is 11.6 Å². The largest absolute Gasteiger partial charge is 0.281 e. The highest BCUT2D eigenvalue weighted by molar-refractivity contribution is 7.96. The number of nitrogens with zero attached hydrogens (tertiary/aromatic N) is 2. The summed E-state index contributed by atoms with van der Waals surface area (Å²) in [5, 5.41) is 9.31. The van der Waals surface area contributed by atoms with E-state index in [1.165, 1.54) is 32.7 Å². The molecule has 1 saturated heterocycles. The van der Waals surface area contributed by atoms with Crippen LogP contribution < -0.4 is 20.9 Å². The van der Waals surface area contributed by atoms with Crippen LogP contribution in [0.3, 0.4) is 0 Å². The predicted octanol–water partition coefficient (Wildman–Crippen LogP) is 6.81. The summed E-state index contributed by atoms with van der Waals surface area (Å²) in [7, 11) is -2.12. The third-order valence-corrected chi connectivity index (χ3v) is 12.8. The molecule has 7 rings (SSSR count). The number of benzene rings is 5. The number of rotatable bonds is 5. The van der Waals surface area contributed by atoms with Gasteiger partial charge in [0.05, 0.1) is 12.2 Å². The Hall–Kier alpha value is -4.13. The van der Waals surface area contributed by atoms with E-state index in [4.69, 9.17) is 0 Å². The van der Waals surface area contributed by atoms with Crippen LogP contribution >= 0.6 is 7.26 Å². The van der Waals surface area contributed by atoms with Crippen molar-refractivity contribution in [2.24, 2.45) is 0 Å². The molecule has 2 aliphatic rings. The smallest absolute Gasteiger partial charge is 0.130 e. The molecule has 2 atom stereocenters. The monoisotopic (exact) mass is 509 g/mol. The van der Waals surface area contributed by atoms with E-state index in [-0.39, 0.29) is 6.04 Å². The molecule has 184 valence electrons. The molecule has 0 aromatic heterocycles. The van der Waals surface area contributed by atoms with Gasteiger partial charge in [-0.1, -0.05) is 97.1 Å². The lowest BCUT2D eigenvalue weighted by molar-refractivity contribution is 0.331. The molecule has 2 aliphatic heterocycles. The van der Waals surface area contributed by atoms with Crippen LogP contribution in [0.5, 0.6) is 0 Å². The molecule has 0 N–H and O–H groups in total. The van der Waals surface area contributed by atoms with Crippen LogP contribution in [0.2, 0.25) is 0 Å². The van der Waals surface area contributed by atoms with E-state index in [1.807, 2.05) is 0 Å². The highest BCUT2D eigenvalue weighted by atomic mass is 31.2. The molecule has 38 heavy (non-hydrogen) atoms. The van der Waals surface area contributed by atoms with Crippen molar-refractivity contribution >= 4 is 34.9 Å². The Kier molecular flexibility index (Phi) is 5.84. The zero-order chi connectivity index (χ0) is 25.4. The molecule has 2 nitrogen and oxygen atoms in total. The molecule has 5 aromatic carbocycles. The zero-order valence-electron chi connectivity index (χ0n) is 21.2. The molecule has 0 amide bonds. The van der Waals surface area contributed by atoms with Crippen molar-refractivity contribution in [2.45, 2.75) is 11.7 Å². The summed E-state index contributed by atoms with van der Waals surface area (Å²) in [6, 6.07) is 54.0. The SMILES string of the molecule is C1=CN2C(c3ccccc31)C([P+](c1ccccc1)(c1ccccc1)c1ccccc1)CN2c1ccccc1. The molecule has 1 fully saturated rings. The van der Waals surface area contributed by atoms with E-state index in [0.717, 1.165) is 6.54 Å². The second-order valence-corrected chi connectivity index (χ2v) is 13.6. The highest BCUT2D eigenvalue weighted by Crippen LogP contribution is 2.66. The van der Waals surface area contributed by atoms with Gasteiger partial charge in [-0.15, -0.1) is 0 Å². The minimum atomic E-state index is -2.12. The fourth-order valence-electron chi connectivity index (χ4n) is 6.49. The number of hydrogen-bond donors (Lipinski definition) is 0. The normalized spacial score (nSPS) is 18.2. The maximum absolute atomic E-state index is 2.51. The van der Waals surface area contributed by atoms with Crippen LogP contribution in [0.4, 0.5) is 5.69 Å². The van der Waals surface area contributed by atoms with Crippen LogP contribution in [0.25, 0.3) is 6.08 Å². The van der Waals surface area contributed by atoms with Gasteiger partial charge in [0.25, 0.3) is 0 Å². The highest BCUT2D eigenvalue weighted by Gasteiger charge is 2.61. The van der Waals surface area contributed by atoms with Gasteiger partial charge in [0.2, 0.25) is 0 Å². The van der Waals surface area contributed by atoms with E-state index in [9.17, 15) is 0 Å². The fraction of sp³-hybridized carbons (Fsp3) is 0.0857. The number of anilines is 1. The molecule has 0 spiro atoms. The Balaban J connectivity index is 1.54. The maximum Gasteiger partial charge on any atom is 0.130 e. The summed E-state index contributed by atoms with van der Waals surface area (Å²) in [5.74, 6) is 0. The first-order valence-corrected chi connectivity index (χ1v) is 15.2. The number of hydrazine groups is 1. The molecule has 0 radical (unpaired) electrons. The van der Waals surface area contributed by atoms with Crippen molar-refractivity contribution in [3.05, 3.63) is 163 Å². The van der Waals surface area contributed by atoms with Crippen molar-refractivity contribution in [3.63, 3.8) is 0 Å². The molecular weight excluding hydrogens is 479 g/mol. The molecule has 2 heterocycles. The van der Waals surface area contributed by atoms with Gasteiger partial charge in [0.1, 0.15) is 34.9 Å². The second-order valence-electron chi connectivity index (χ2n) is 9.98. The van der Waals surface area contributed by atoms with Gasteiger partial charge in [-0.25, -0.2) is 0 Å². The van der Waals surface area contributed by atoms with Crippen molar-refractivity contribution in [3.8, 4) is 0 Å².